The van der Waals surface area contributed by atoms with Gasteiger partial charge in [0.15, 0.2) is 5.76 Å². The molecule has 3 aromatic rings. The lowest BCUT2D eigenvalue weighted by Crippen LogP contribution is -2.23. The van der Waals surface area contributed by atoms with Gasteiger partial charge < -0.3 is 15.4 Å². The van der Waals surface area contributed by atoms with Gasteiger partial charge in [-0.1, -0.05) is 82.0 Å². The zero-order valence-corrected chi connectivity index (χ0v) is 26.8. The van der Waals surface area contributed by atoms with Gasteiger partial charge >= 0.3 is 6.18 Å². The van der Waals surface area contributed by atoms with Crippen molar-refractivity contribution < 1.29 is 27.5 Å². The number of nitrogens with one attached hydrogen (secondary N) is 2. The van der Waals surface area contributed by atoms with Crippen molar-refractivity contribution >= 4 is 23.2 Å². The molecule has 4 rings (SSSR count). The molecule has 244 valence electrons. The van der Waals surface area contributed by atoms with Crippen molar-refractivity contribution in [1.82, 2.24) is 0 Å². The lowest BCUT2D eigenvalue weighted by atomic mass is 9.80. The average Bonchev–Trinajstić information content (AvgIpc) is 3.04. The van der Waals surface area contributed by atoms with Crippen LogP contribution in [0.1, 0.15) is 82.5 Å². The third-order valence-corrected chi connectivity index (χ3v) is 8.36. The van der Waals surface area contributed by atoms with Crippen LogP contribution in [0.25, 0.3) is 11.1 Å². The van der Waals surface area contributed by atoms with Gasteiger partial charge in [-0.2, -0.15) is 13.2 Å². The molecule has 2 amide bonds. The first kappa shape index (κ1) is 34.5. The van der Waals surface area contributed by atoms with E-state index in [1.54, 1.807) is 36.4 Å². The smallest absolute Gasteiger partial charge is 0.416 e. The highest BCUT2D eigenvalue weighted by molar-refractivity contribution is 6.04. The quantitative estimate of drug-likeness (QED) is 0.154. The minimum absolute atomic E-state index is 0.229. The van der Waals surface area contributed by atoms with E-state index in [0.717, 1.165) is 50.2 Å². The summed E-state index contributed by atoms with van der Waals surface area (Å²) in [5.41, 5.74) is 2.10. The minimum Gasteiger partial charge on any atom is -0.456 e. The summed E-state index contributed by atoms with van der Waals surface area (Å²) in [5.74, 6) is -0.361. The molecule has 2 N–H and O–H groups in total. The van der Waals surface area contributed by atoms with E-state index in [2.05, 4.69) is 17.6 Å². The second-order valence-electron chi connectivity index (χ2n) is 12.1. The maximum Gasteiger partial charge on any atom is 0.416 e. The Bertz CT molecular complexity index is 1510. The Morgan fingerprint density at radius 1 is 0.891 bits per heavy atom. The number of rotatable bonds is 12. The van der Waals surface area contributed by atoms with Gasteiger partial charge in [-0.15, -0.1) is 0 Å². The number of halogens is 3. The number of allylic oxidation sites excluding steroid dienone is 3. The highest BCUT2D eigenvalue weighted by Gasteiger charge is 2.36. The number of hydrogen-bond acceptors (Lipinski definition) is 3. The molecule has 0 saturated heterocycles. The third-order valence-electron chi connectivity index (χ3n) is 8.36. The van der Waals surface area contributed by atoms with Crippen molar-refractivity contribution in [2.75, 3.05) is 10.6 Å². The molecule has 0 aliphatic heterocycles. The number of ether oxygens (including phenoxy) is 1. The summed E-state index contributed by atoms with van der Waals surface area (Å²) in [6.45, 7) is 5.11. The van der Waals surface area contributed by atoms with E-state index in [9.17, 15) is 22.8 Å². The van der Waals surface area contributed by atoms with E-state index in [1.165, 1.54) is 6.42 Å². The Morgan fingerprint density at radius 2 is 1.52 bits per heavy atom. The standard InChI is InChI=1S/C38H43F3N2O3/c1-4-5-14-34(24-15-28-11-9-10-26(2)25-28)46-35(27(3)38(39,40)41)37(45)43-33-22-20-30(21-23-33)29-16-18-31(19-17-29)36(44)42-32-12-7-6-8-13-32/h6-8,12-14,16-23,26,28H,4-5,9-11,15,24-25H2,1-3H3,(H,42,44)(H,43,45). The molecular weight excluding hydrogens is 589 g/mol. The second kappa shape index (κ2) is 16.3. The number of carbonyl (C=O) groups is 2. The minimum atomic E-state index is -4.73. The van der Waals surface area contributed by atoms with Crippen LogP contribution in [0.4, 0.5) is 24.5 Å². The van der Waals surface area contributed by atoms with Crippen LogP contribution in [0.3, 0.4) is 0 Å². The highest BCUT2D eigenvalue weighted by Crippen LogP contribution is 2.34. The van der Waals surface area contributed by atoms with Crippen LogP contribution in [-0.2, 0) is 9.53 Å². The molecule has 0 bridgehead atoms. The van der Waals surface area contributed by atoms with Gasteiger partial charge in [-0.05, 0) is 91.6 Å². The number of unbranched alkanes of at least 4 members (excludes halogenated alkanes) is 1. The number of amides is 2. The monoisotopic (exact) mass is 632 g/mol. The Morgan fingerprint density at radius 3 is 2.13 bits per heavy atom. The number of anilines is 2. The fraction of sp³-hybridized carbons (Fsp3) is 0.368. The number of hydrogen-bond donors (Lipinski definition) is 2. The predicted molar refractivity (Wildman–Crippen MR) is 178 cm³/mol. The largest absolute Gasteiger partial charge is 0.456 e. The maximum absolute atomic E-state index is 13.9. The highest BCUT2D eigenvalue weighted by atomic mass is 19.4. The van der Waals surface area contributed by atoms with Crippen molar-refractivity contribution in [3.63, 3.8) is 0 Å². The van der Waals surface area contributed by atoms with E-state index in [-0.39, 0.29) is 5.91 Å². The van der Waals surface area contributed by atoms with E-state index >= 15 is 0 Å². The maximum atomic E-state index is 13.9. The first-order valence-corrected chi connectivity index (χ1v) is 16.1. The average molecular weight is 633 g/mol. The third kappa shape index (κ3) is 10.1. The molecule has 1 fully saturated rings. The summed E-state index contributed by atoms with van der Waals surface area (Å²) in [5, 5.41) is 5.44. The van der Waals surface area contributed by atoms with Crippen LogP contribution >= 0.6 is 0 Å². The molecule has 0 heterocycles. The Hall–Kier alpha value is -4.33. The van der Waals surface area contributed by atoms with Crippen molar-refractivity contribution in [3.05, 3.63) is 108 Å². The SMILES string of the molecule is CCCC=C(CCC1CCCC(C)C1)OC(C(=O)Nc1ccc(-c2ccc(C(=O)Nc3ccccc3)cc2)cc1)=C(C)C(F)(F)F. The zero-order chi connectivity index (χ0) is 33.1. The molecule has 5 nitrogen and oxygen atoms in total. The van der Waals surface area contributed by atoms with E-state index < -0.39 is 23.4 Å². The van der Waals surface area contributed by atoms with E-state index in [0.29, 0.717) is 47.4 Å². The van der Waals surface area contributed by atoms with E-state index in [4.69, 9.17) is 4.74 Å². The van der Waals surface area contributed by atoms with Gasteiger partial charge in [0.2, 0.25) is 0 Å². The molecule has 46 heavy (non-hydrogen) atoms. The molecule has 0 radical (unpaired) electrons. The topological polar surface area (TPSA) is 67.4 Å². The number of alkyl halides is 3. The van der Waals surface area contributed by atoms with Gasteiger partial charge in [-0.25, -0.2) is 0 Å². The molecule has 1 saturated carbocycles. The molecule has 1 aliphatic carbocycles. The Balaban J connectivity index is 1.44. The Labute approximate surface area is 269 Å². The van der Waals surface area contributed by atoms with Crippen LogP contribution in [-0.4, -0.2) is 18.0 Å². The second-order valence-corrected chi connectivity index (χ2v) is 12.1. The molecule has 2 unspecified atom stereocenters. The first-order valence-electron chi connectivity index (χ1n) is 16.1. The van der Waals surface area contributed by atoms with Gasteiger partial charge in [0.1, 0.15) is 5.76 Å². The molecule has 0 spiro atoms. The predicted octanol–water partition coefficient (Wildman–Crippen LogP) is 10.7. The lowest BCUT2D eigenvalue weighted by Gasteiger charge is -2.27. The number of benzene rings is 3. The van der Waals surface area contributed by atoms with Crippen LogP contribution in [0.5, 0.6) is 0 Å². The van der Waals surface area contributed by atoms with Crippen LogP contribution in [0.2, 0.25) is 0 Å². The number of carbonyl (C=O) groups excluding carboxylic acids is 2. The molecule has 2 atom stereocenters. The normalized spacial score (nSPS) is 17.6. The fourth-order valence-corrected chi connectivity index (χ4v) is 5.69. The molecule has 0 aromatic heterocycles. The van der Waals surface area contributed by atoms with Crippen LogP contribution in [0, 0.1) is 11.8 Å². The lowest BCUT2D eigenvalue weighted by molar-refractivity contribution is -0.118. The summed E-state index contributed by atoms with van der Waals surface area (Å²) in [4.78, 5) is 25.9. The van der Waals surface area contributed by atoms with Crippen molar-refractivity contribution in [3.8, 4) is 11.1 Å². The summed E-state index contributed by atoms with van der Waals surface area (Å²) < 4.78 is 47.5. The molecule has 3 aromatic carbocycles. The summed E-state index contributed by atoms with van der Waals surface area (Å²) in [7, 11) is 0. The summed E-state index contributed by atoms with van der Waals surface area (Å²) in [6, 6.07) is 23.0. The van der Waals surface area contributed by atoms with Gasteiger partial charge in [0.25, 0.3) is 11.8 Å². The van der Waals surface area contributed by atoms with Gasteiger partial charge in [0.05, 0.1) is 5.57 Å². The zero-order valence-electron chi connectivity index (χ0n) is 26.8. The molecule has 8 heteroatoms. The fourth-order valence-electron chi connectivity index (χ4n) is 5.69. The number of para-hydroxylation sites is 1. The van der Waals surface area contributed by atoms with Crippen molar-refractivity contribution in [2.45, 2.75) is 78.3 Å². The van der Waals surface area contributed by atoms with Gasteiger partial charge in [-0.3, -0.25) is 9.59 Å². The van der Waals surface area contributed by atoms with E-state index in [1.807, 2.05) is 55.5 Å². The Kier molecular flexibility index (Phi) is 12.2. The molecular formula is C38H43F3N2O3. The molecule has 1 aliphatic rings. The van der Waals surface area contributed by atoms with Crippen LogP contribution < -0.4 is 10.6 Å². The van der Waals surface area contributed by atoms with Gasteiger partial charge in [0, 0.05) is 23.4 Å². The van der Waals surface area contributed by atoms with Crippen LogP contribution in [0.15, 0.2) is 102 Å². The van der Waals surface area contributed by atoms with Crippen molar-refractivity contribution in [2.24, 2.45) is 11.8 Å². The van der Waals surface area contributed by atoms with Crippen molar-refractivity contribution in [1.29, 1.82) is 0 Å². The summed E-state index contributed by atoms with van der Waals surface area (Å²) in [6.07, 6.45) is 4.45. The first-order chi connectivity index (χ1) is 22.0. The summed E-state index contributed by atoms with van der Waals surface area (Å²) >= 11 is 0.